The van der Waals surface area contributed by atoms with Gasteiger partial charge in [0.05, 0.1) is 0 Å². The first-order valence-electron chi connectivity index (χ1n) is 8.30. The molecule has 1 aliphatic carbocycles. The Bertz CT molecular complexity index is 715. The van der Waals surface area contributed by atoms with Crippen LogP contribution in [-0.4, -0.2) is 28.2 Å². The van der Waals surface area contributed by atoms with Crippen molar-refractivity contribution in [3.8, 4) is 0 Å². The van der Waals surface area contributed by atoms with Crippen LogP contribution in [0.15, 0.2) is 36.7 Å². The molecule has 3 atom stereocenters. The summed E-state index contributed by atoms with van der Waals surface area (Å²) in [5, 5.41) is 5.87. The number of benzene rings is 1. The molecule has 1 aromatic heterocycles. The van der Waals surface area contributed by atoms with Gasteiger partial charge in [-0.2, -0.15) is 0 Å². The van der Waals surface area contributed by atoms with E-state index in [0.717, 1.165) is 24.4 Å². The van der Waals surface area contributed by atoms with E-state index < -0.39 is 0 Å². The zero-order chi connectivity index (χ0) is 17.1. The van der Waals surface area contributed by atoms with Crippen molar-refractivity contribution in [1.82, 2.24) is 20.2 Å². The van der Waals surface area contributed by atoms with Gasteiger partial charge in [0.25, 0.3) is 0 Å². The molecule has 24 heavy (non-hydrogen) atoms. The second-order valence-electron chi connectivity index (χ2n) is 6.59. The molecular weight excluding hydrogens is 307 g/mol. The Kier molecular flexibility index (Phi) is 4.83. The van der Waals surface area contributed by atoms with Crippen LogP contribution in [0, 0.1) is 18.7 Å². The molecule has 3 rings (SSSR count). The van der Waals surface area contributed by atoms with Crippen LogP contribution in [0.1, 0.15) is 30.7 Å². The number of aromatic nitrogens is 2. The Morgan fingerprint density at radius 1 is 1.50 bits per heavy atom. The molecule has 1 saturated carbocycles. The molecule has 128 valence electrons. The average molecular weight is 330 g/mol. The fraction of sp³-hybridized carbons (Fsp3) is 0.444. The lowest BCUT2D eigenvalue weighted by Crippen LogP contribution is -2.40. The van der Waals surface area contributed by atoms with Gasteiger partial charge in [0.15, 0.2) is 0 Å². The normalized spacial score (nSPS) is 20.5. The topological polar surface area (TPSA) is 59.0 Å². The minimum Gasteiger partial charge on any atom is -0.338 e. The maximum absolute atomic E-state index is 13.2. The highest BCUT2D eigenvalue weighted by Gasteiger charge is 2.39. The van der Waals surface area contributed by atoms with Crippen molar-refractivity contribution >= 4 is 6.03 Å². The minimum absolute atomic E-state index is 0.0954. The second kappa shape index (κ2) is 7.03. The summed E-state index contributed by atoms with van der Waals surface area (Å²) in [5.41, 5.74) is 0.948. The summed E-state index contributed by atoms with van der Waals surface area (Å²) in [6.07, 6.45) is 4.59. The zero-order valence-corrected chi connectivity index (χ0v) is 14.0. The van der Waals surface area contributed by atoms with Gasteiger partial charge in [-0.15, -0.1) is 0 Å². The number of imidazole rings is 1. The molecule has 0 aliphatic heterocycles. The first-order valence-corrected chi connectivity index (χ1v) is 8.30. The lowest BCUT2D eigenvalue weighted by Gasteiger charge is -2.15. The number of amides is 2. The van der Waals surface area contributed by atoms with Crippen molar-refractivity contribution in [1.29, 1.82) is 0 Å². The van der Waals surface area contributed by atoms with Crippen LogP contribution < -0.4 is 10.6 Å². The van der Waals surface area contributed by atoms with Crippen LogP contribution in [0.5, 0.6) is 0 Å². The van der Waals surface area contributed by atoms with E-state index in [4.69, 9.17) is 0 Å². The number of carbonyl (C=O) groups excluding carboxylic acids is 1. The molecule has 0 spiro atoms. The van der Waals surface area contributed by atoms with E-state index >= 15 is 0 Å². The fourth-order valence-electron chi connectivity index (χ4n) is 2.94. The van der Waals surface area contributed by atoms with Crippen LogP contribution >= 0.6 is 0 Å². The maximum Gasteiger partial charge on any atom is 0.315 e. The predicted molar refractivity (Wildman–Crippen MR) is 90.2 cm³/mol. The van der Waals surface area contributed by atoms with Gasteiger partial charge in [-0.1, -0.05) is 19.1 Å². The van der Waals surface area contributed by atoms with Gasteiger partial charge in [-0.3, -0.25) is 0 Å². The van der Waals surface area contributed by atoms with Crippen LogP contribution in [0.3, 0.4) is 0 Å². The zero-order valence-electron chi connectivity index (χ0n) is 14.0. The maximum atomic E-state index is 13.2. The minimum atomic E-state index is -0.230. The molecule has 5 nitrogen and oxygen atoms in total. The van der Waals surface area contributed by atoms with E-state index in [1.165, 1.54) is 6.07 Å². The lowest BCUT2D eigenvalue weighted by molar-refractivity contribution is 0.238. The Morgan fingerprint density at radius 3 is 3.04 bits per heavy atom. The first kappa shape index (κ1) is 16.5. The molecule has 1 aromatic carbocycles. The number of hydrogen-bond acceptors (Lipinski definition) is 2. The van der Waals surface area contributed by atoms with Crippen molar-refractivity contribution in [2.45, 2.75) is 38.8 Å². The van der Waals surface area contributed by atoms with Gasteiger partial charge in [-0.25, -0.2) is 14.2 Å². The predicted octanol–water partition coefficient (Wildman–Crippen LogP) is 2.82. The van der Waals surface area contributed by atoms with Gasteiger partial charge < -0.3 is 15.2 Å². The molecule has 1 fully saturated rings. The lowest BCUT2D eigenvalue weighted by atomic mass is 10.1. The SMILES string of the molecule is Cc1nccn1C[C@H](C)CNC(=O)N[C@@H]1C[C@H]1c1cccc(F)c1. The van der Waals surface area contributed by atoms with E-state index in [2.05, 4.69) is 27.1 Å². The molecule has 0 radical (unpaired) electrons. The highest BCUT2D eigenvalue weighted by atomic mass is 19.1. The smallest absolute Gasteiger partial charge is 0.315 e. The second-order valence-corrected chi connectivity index (χ2v) is 6.59. The Labute approximate surface area is 141 Å². The van der Waals surface area contributed by atoms with Crippen LogP contribution in [0.25, 0.3) is 0 Å². The summed E-state index contributed by atoms with van der Waals surface area (Å²) < 4.78 is 15.3. The van der Waals surface area contributed by atoms with Crippen molar-refractivity contribution in [3.05, 3.63) is 53.9 Å². The molecule has 2 aromatic rings. The number of aryl methyl sites for hydroxylation is 1. The Hall–Kier alpha value is -2.37. The number of rotatable bonds is 6. The van der Waals surface area contributed by atoms with E-state index in [1.807, 2.05) is 19.2 Å². The molecule has 2 N–H and O–H groups in total. The van der Waals surface area contributed by atoms with Crippen LogP contribution in [-0.2, 0) is 6.54 Å². The third-order valence-electron chi connectivity index (χ3n) is 4.43. The molecule has 0 saturated heterocycles. The summed E-state index contributed by atoms with van der Waals surface area (Å²) in [5.74, 6) is 1.27. The van der Waals surface area contributed by atoms with Gasteiger partial charge in [0, 0.05) is 37.4 Å². The van der Waals surface area contributed by atoms with Crippen molar-refractivity contribution in [3.63, 3.8) is 0 Å². The van der Waals surface area contributed by atoms with Gasteiger partial charge in [0.1, 0.15) is 11.6 Å². The standard InChI is InChI=1S/C18H23FN4O/c1-12(11-23-7-6-20-13(23)2)10-21-18(24)22-17-9-16(17)14-4-3-5-15(19)8-14/h3-8,12,16-17H,9-11H2,1-2H3,(H2,21,22,24)/t12-,16+,17-/m1/s1. The number of carbonyl (C=O) groups is 1. The number of hydrogen-bond donors (Lipinski definition) is 2. The summed E-state index contributed by atoms with van der Waals surface area (Å²) >= 11 is 0. The molecule has 1 aliphatic rings. The Morgan fingerprint density at radius 2 is 2.33 bits per heavy atom. The monoisotopic (exact) mass is 330 g/mol. The third kappa shape index (κ3) is 4.13. The van der Waals surface area contributed by atoms with E-state index in [0.29, 0.717) is 12.5 Å². The fourth-order valence-corrected chi connectivity index (χ4v) is 2.94. The first-order chi connectivity index (χ1) is 11.5. The number of nitrogens with zero attached hydrogens (tertiary/aromatic N) is 2. The van der Waals surface area contributed by atoms with Crippen molar-refractivity contribution in [2.24, 2.45) is 5.92 Å². The summed E-state index contributed by atoms with van der Waals surface area (Å²) in [7, 11) is 0. The van der Waals surface area contributed by atoms with E-state index in [1.54, 1.807) is 18.3 Å². The quantitative estimate of drug-likeness (QED) is 0.856. The summed E-state index contributed by atoms with van der Waals surface area (Å²) in [6.45, 7) is 5.47. The van der Waals surface area contributed by atoms with Crippen molar-refractivity contribution in [2.75, 3.05) is 6.54 Å². The average Bonchev–Trinajstić information content (AvgIpc) is 3.20. The third-order valence-corrected chi connectivity index (χ3v) is 4.43. The summed E-state index contributed by atoms with van der Waals surface area (Å²) in [4.78, 5) is 16.2. The number of nitrogens with one attached hydrogen (secondary N) is 2. The highest BCUT2D eigenvalue weighted by molar-refractivity contribution is 5.74. The molecule has 0 bridgehead atoms. The molecule has 1 heterocycles. The Balaban J connectivity index is 1.40. The van der Waals surface area contributed by atoms with Crippen molar-refractivity contribution < 1.29 is 9.18 Å². The number of urea groups is 1. The van der Waals surface area contributed by atoms with Crippen LogP contribution in [0.2, 0.25) is 0 Å². The summed E-state index contributed by atoms with van der Waals surface area (Å²) in [6, 6.07) is 6.53. The van der Waals surface area contributed by atoms with Gasteiger partial charge in [0.2, 0.25) is 0 Å². The molecule has 2 amide bonds. The molecule has 0 unspecified atom stereocenters. The largest absolute Gasteiger partial charge is 0.338 e. The van der Waals surface area contributed by atoms with E-state index in [-0.39, 0.29) is 23.8 Å². The highest BCUT2D eigenvalue weighted by Crippen LogP contribution is 2.40. The number of halogens is 1. The van der Waals surface area contributed by atoms with Gasteiger partial charge >= 0.3 is 6.03 Å². The van der Waals surface area contributed by atoms with Gasteiger partial charge in [-0.05, 0) is 37.0 Å². The molecule has 6 heteroatoms. The van der Waals surface area contributed by atoms with Crippen LogP contribution in [0.4, 0.5) is 9.18 Å². The van der Waals surface area contributed by atoms with E-state index in [9.17, 15) is 9.18 Å². The molecular formula is C18H23FN4O.